The van der Waals surface area contributed by atoms with Crippen molar-refractivity contribution in [2.24, 2.45) is 13.0 Å². The molecule has 5 nitrogen and oxygen atoms in total. The molecule has 1 aromatic heterocycles. The van der Waals surface area contributed by atoms with E-state index in [1.54, 1.807) is 23.0 Å². The normalized spacial score (nSPS) is 17.6. The number of rotatable bonds is 3. The average molecular weight is 249 g/mol. The summed E-state index contributed by atoms with van der Waals surface area (Å²) in [5, 5.41) is 13.1. The maximum absolute atomic E-state index is 11.9. The van der Waals surface area contributed by atoms with Crippen molar-refractivity contribution in [3.8, 4) is 0 Å². The van der Waals surface area contributed by atoms with E-state index in [-0.39, 0.29) is 12.5 Å². The summed E-state index contributed by atoms with van der Waals surface area (Å²) in [6.07, 6.45) is 8.75. The molecule has 98 valence electrons. The van der Waals surface area contributed by atoms with Gasteiger partial charge in [0.25, 0.3) is 0 Å². The van der Waals surface area contributed by atoms with E-state index >= 15 is 0 Å². The van der Waals surface area contributed by atoms with Crippen LogP contribution in [0.15, 0.2) is 18.5 Å². The Balaban J connectivity index is 1.87. The molecule has 0 bridgehead atoms. The highest BCUT2D eigenvalue weighted by Crippen LogP contribution is 2.16. The maximum atomic E-state index is 11.9. The van der Waals surface area contributed by atoms with Gasteiger partial charge in [0.2, 0.25) is 5.91 Å². The third-order valence-corrected chi connectivity index (χ3v) is 3.33. The van der Waals surface area contributed by atoms with Crippen molar-refractivity contribution < 1.29 is 9.90 Å². The highest BCUT2D eigenvalue weighted by atomic mass is 16.3. The summed E-state index contributed by atoms with van der Waals surface area (Å²) in [6, 6.07) is 0. The van der Waals surface area contributed by atoms with Crippen molar-refractivity contribution in [2.75, 3.05) is 19.7 Å². The Hall–Kier alpha value is -1.62. The first kappa shape index (κ1) is 12.8. The lowest BCUT2D eigenvalue weighted by molar-refractivity contribution is -0.127. The van der Waals surface area contributed by atoms with Crippen LogP contribution in [-0.2, 0) is 11.8 Å². The number of amides is 1. The summed E-state index contributed by atoms with van der Waals surface area (Å²) >= 11 is 0. The van der Waals surface area contributed by atoms with Crippen molar-refractivity contribution >= 4 is 12.0 Å². The molecule has 0 unspecified atom stereocenters. The fraction of sp³-hybridized carbons (Fsp3) is 0.538. The van der Waals surface area contributed by atoms with Gasteiger partial charge in [-0.3, -0.25) is 9.48 Å². The van der Waals surface area contributed by atoms with E-state index in [9.17, 15) is 4.79 Å². The summed E-state index contributed by atoms with van der Waals surface area (Å²) in [5.74, 6) is 0.395. The number of hydrogen-bond acceptors (Lipinski definition) is 3. The van der Waals surface area contributed by atoms with Crippen LogP contribution in [-0.4, -0.2) is 45.4 Å². The van der Waals surface area contributed by atoms with Gasteiger partial charge in [0.15, 0.2) is 0 Å². The summed E-state index contributed by atoms with van der Waals surface area (Å²) in [7, 11) is 1.85. The van der Waals surface area contributed by atoms with Crippen LogP contribution in [0.3, 0.4) is 0 Å². The molecule has 0 aliphatic carbocycles. The lowest BCUT2D eigenvalue weighted by Gasteiger charge is -2.30. The lowest BCUT2D eigenvalue weighted by atomic mass is 9.98. The zero-order valence-electron chi connectivity index (χ0n) is 10.6. The van der Waals surface area contributed by atoms with Gasteiger partial charge in [-0.25, -0.2) is 0 Å². The zero-order chi connectivity index (χ0) is 13.0. The first-order valence-electron chi connectivity index (χ1n) is 6.25. The standard InChI is InChI=1S/C13H19N3O2/c1-15-9-12(8-14-15)2-3-13(18)16-6-4-11(10-17)5-7-16/h2-3,8-9,11,17H,4-7,10H2,1H3/b3-2+. The van der Waals surface area contributed by atoms with Gasteiger partial charge >= 0.3 is 0 Å². The second-order valence-electron chi connectivity index (χ2n) is 4.73. The van der Waals surface area contributed by atoms with E-state index < -0.39 is 0 Å². The molecule has 0 saturated carbocycles. The van der Waals surface area contributed by atoms with Crippen molar-refractivity contribution in [3.63, 3.8) is 0 Å². The molecule has 1 fully saturated rings. The molecule has 1 amide bonds. The molecule has 0 radical (unpaired) electrons. The number of likely N-dealkylation sites (tertiary alicyclic amines) is 1. The molecule has 5 heteroatoms. The molecular weight excluding hydrogens is 230 g/mol. The van der Waals surface area contributed by atoms with Gasteiger partial charge in [-0.2, -0.15) is 5.10 Å². The Labute approximate surface area is 107 Å². The van der Waals surface area contributed by atoms with Gasteiger partial charge in [0, 0.05) is 44.6 Å². The van der Waals surface area contributed by atoms with Gasteiger partial charge in [-0.15, -0.1) is 0 Å². The average Bonchev–Trinajstić information content (AvgIpc) is 2.82. The fourth-order valence-electron chi connectivity index (χ4n) is 2.14. The minimum absolute atomic E-state index is 0.0373. The van der Waals surface area contributed by atoms with Crippen LogP contribution >= 0.6 is 0 Å². The number of hydrogen-bond donors (Lipinski definition) is 1. The fourth-order valence-corrected chi connectivity index (χ4v) is 2.14. The summed E-state index contributed by atoms with van der Waals surface area (Å²) in [4.78, 5) is 13.8. The summed E-state index contributed by atoms with van der Waals surface area (Å²) in [5.41, 5.74) is 0.927. The van der Waals surface area contributed by atoms with Gasteiger partial charge in [-0.1, -0.05) is 0 Å². The molecular formula is C13H19N3O2. The first-order chi connectivity index (χ1) is 8.69. The summed E-state index contributed by atoms with van der Waals surface area (Å²) in [6.45, 7) is 1.70. The molecule has 1 aromatic rings. The number of carbonyl (C=O) groups excluding carboxylic acids is 1. The van der Waals surface area contributed by atoms with E-state index in [0.717, 1.165) is 31.5 Å². The quantitative estimate of drug-likeness (QED) is 0.801. The topological polar surface area (TPSA) is 58.4 Å². The molecule has 2 rings (SSSR count). The van der Waals surface area contributed by atoms with Crippen LogP contribution in [0.5, 0.6) is 0 Å². The van der Waals surface area contributed by atoms with Crippen LogP contribution in [0.1, 0.15) is 18.4 Å². The van der Waals surface area contributed by atoms with Gasteiger partial charge in [0.05, 0.1) is 6.20 Å². The number of aryl methyl sites for hydroxylation is 1. The molecule has 0 atom stereocenters. The minimum Gasteiger partial charge on any atom is -0.396 e. The Morgan fingerprint density at radius 1 is 1.56 bits per heavy atom. The third-order valence-electron chi connectivity index (χ3n) is 3.33. The molecule has 1 aliphatic rings. The second-order valence-corrected chi connectivity index (χ2v) is 4.73. The van der Waals surface area contributed by atoms with Crippen LogP contribution in [0.2, 0.25) is 0 Å². The van der Waals surface area contributed by atoms with Gasteiger partial charge in [-0.05, 0) is 24.8 Å². The summed E-state index contributed by atoms with van der Waals surface area (Å²) < 4.78 is 1.71. The Morgan fingerprint density at radius 3 is 2.83 bits per heavy atom. The van der Waals surface area contributed by atoms with E-state index in [2.05, 4.69) is 5.10 Å². The number of aromatic nitrogens is 2. The van der Waals surface area contributed by atoms with E-state index in [4.69, 9.17) is 5.11 Å². The van der Waals surface area contributed by atoms with E-state index in [1.165, 1.54) is 0 Å². The second kappa shape index (κ2) is 5.82. The monoisotopic (exact) mass is 249 g/mol. The molecule has 0 aromatic carbocycles. The van der Waals surface area contributed by atoms with Crippen molar-refractivity contribution in [3.05, 3.63) is 24.0 Å². The SMILES string of the molecule is Cn1cc(/C=C/C(=O)N2CCC(CO)CC2)cn1. The highest BCUT2D eigenvalue weighted by Gasteiger charge is 2.20. The van der Waals surface area contributed by atoms with Crippen molar-refractivity contribution in [1.29, 1.82) is 0 Å². The van der Waals surface area contributed by atoms with Crippen LogP contribution in [0.25, 0.3) is 6.08 Å². The number of nitrogens with zero attached hydrogens (tertiary/aromatic N) is 3. The van der Waals surface area contributed by atoms with Crippen LogP contribution in [0.4, 0.5) is 0 Å². The predicted molar refractivity (Wildman–Crippen MR) is 68.6 cm³/mol. The van der Waals surface area contributed by atoms with Crippen molar-refractivity contribution in [2.45, 2.75) is 12.8 Å². The van der Waals surface area contributed by atoms with Gasteiger partial charge in [0.1, 0.15) is 0 Å². The third kappa shape index (κ3) is 3.20. The Kier molecular flexibility index (Phi) is 4.15. The number of aliphatic hydroxyl groups excluding tert-OH is 1. The van der Waals surface area contributed by atoms with Crippen molar-refractivity contribution in [1.82, 2.24) is 14.7 Å². The Morgan fingerprint density at radius 2 is 2.28 bits per heavy atom. The van der Waals surface area contributed by atoms with Crippen LogP contribution in [0, 0.1) is 5.92 Å². The lowest BCUT2D eigenvalue weighted by Crippen LogP contribution is -2.38. The van der Waals surface area contributed by atoms with E-state index in [1.807, 2.05) is 18.1 Å². The largest absolute Gasteiger partial charge is 0.396 e. The highest BCUT2D eigenvalue weighted by molar-refractivity contribution is 5.91. The molecule has 1 saturated heterocycles. The number of carbonyl (C=O) groups is 1. The maximum Gasteiger partial charge on any atom is 0.246 e. The molecule has 18 heavy (non-hydrogen) atoms. The first-order valence-corrected chi connectivity index (χ1v) is 6.25. The molecule has 0 spiro atoms. The van der Waals surface area contributed by atoms with Crippen LogP contribution < -0.4 is 0 Å². The molecule has 1 N–H and O–H groups in total. The molecule has 1 aliphatic heterocycles. The zero-order valence-corrected chi connectivity index (χ0v) is 10.6. The predicted octanol–water partition coefficient (Wildman–Crippen LogP) is 0.664. The smallest absolute Gasteiger partial charge is 0.246 e. The minimum atomic E-state index is 0.0373. The number of aliphatic hydroxyl groups is 1. The molecule has 2 heterocycles. The Bertz CT molecular complexity index is 431. The number of piperidine rings is 1. The van der Waals surface area contributed by atoms with Gasteiger partial charge < -0.3 is 10.0 Å². The van der Waals surface area contributed by atoms with E-state index in [0.29, 0.717) is 5.92 Å².